The van der Waals surface area contributed by atoms with Crippen LogP contribution >= 0.6 is 0 Å². The number of rotatable bonds is 0. The van der Waals surface area contributed by atoms with Gasteiger partial charge in [0.25, 0.3) is 0 Å². The Balaban J connectivity index is 2.65. The van der Waals surface area contributed by atoms with Crippen molar-refractivity contribution in [1.29, 1.82) is 5.26 Å². The van der Waals surface area contributed by atoms with Gasteiger partial charge in [0, 0.05) is 12.0 Å². The lowest BCUT2D eigenvalue weighted by atomic mass is 9.72. The van der Waals surface area contributed by atoms with Crippen LogP contribution in [-0.2, 0) is 5.41 Å². The SMILES string of the molecule is CC1(C)CCC(=O)c2ccc(C#N)cc21. The fraction of sp³-hybridized carbons (Fsp3) is 0.385. The molecule has 0 aromatic heterocycles. The minimum absolute atomic E-state index is 0.0100. The Hall–Kier alpha value is -1.62. The normalized spacial score (nSPS) is 18.1. The zero-order chi connectivity index (χ0) is 11.1. The second-order valence-corrected chi connectivity index (χ2v) is 4.68. The largest absolute Gasteiger partial charge is 0.294 e. The Morgan fingerprint density at radius 2 is 2.13 bits per heavy atom. The number of hydrogen-bond acceptors (Lipinski definition) is 2. The fourth-order valence-electron chi connectivity index (χ4n) is 2.11. The molecule has 0 atom stereocenters. The van der Waals surface area contributed by atoms with E-state index in [0.29, 0.717) is 12.0 Å². The van der Waals surface area contributed by atoms with Crippen molar-refractivity contribution >= 4 is 5.78 Å². The molecule has 0 aliphatic heterocycles. The van der Waals surface area contributed by atoms with Crippen LogP contribution in [0.3, 0.4) is 0 Å². The average Bonchev–Trinajstić information content (AvgIpc) is 2.24. The topological polar surface area (TPSA) is 40.9 Å². The molecule has 1 aromatic carbocycles. The van der Waals surface area contributed by atoms with Crippen molar-refractivity contribution in [2.75, 3.05) is 0 Å². The van der Waals surface area contributed by atoms with E-state index in [1.54, 1.807) is 12.1 Å². The molecule has 0 unspecified atom stereocenters. The summed E-state index contributed by atoms with van der Waals surface area (Å²) in [7, 11) is 0. The maximum atomic E-state index is 11.7. The summed E-state index contributed by atoms with van der Waals surface area (Å²) in [6.07, 6.45) is 1.49. The summed E-state index contributed by atoms with van der Waals surface area (Å²) in [4.78, 5) is 11.7. The molecule has 2 heteroatoms. The quantitative estimate of drug-likeness (QED) is 0.644. The zero-order valence-electron chi connectivity index (χ0n) is 9.00. The molecule has 15 heavy (non-hydrogen) atoms. The third-order valence-corrected chi connectivity index (χ3v) is 3.16. The predicted octanol–water partition coefficient (Wildman–Crippen LogP) is 2.81. The summed E-state index contributed by atoms with van der Waals surface area (Å²) in [5, 5.41) is 8.84. The van der Waals surface area contributed by atoms with E-state index in [2.05, 4.69) is 19.9 Å². The highest BCUT2D eigenvalue weighted by Crippen LogP contribution is 2.36. The van der Waals surface area contributed by atoms with E-state index in [0.717, 1.165) is 17.5 Å². The smallest absolute Gasteiger partial charge is 0.163 e. The van der Waals surface area contributed by atoms with Gasteiger partial charge in [-0.3, -0.25) is 4.79 Å². The Morgan fingerprint density at radius 3 is 2.80 bits per heavy atom. The predicted molar refractivity (Wildman–Crippen MR) is 57.7 cm³/mol. The van der Waals surface area contributed by atoms with Gasteiger partial charge in [0.1, 0.15) is 0 Å². The lowest BCUT2D eigenvalue weighted by Gasteiger charge is -2.31. The van der Waals surface area contributed by atoms with Crippen LogP contribution in [-0.4, -0.2) is 5.78 Å². The molecule has 0 heterocycles. The molecule has 0 radical (unpaired) electrons. The van der Waals surface area contributed by atoms with Crippen LogP contribution in [0.15, 0.2) is 18.2 Å². The van der Waals surface area contributed by atoms with E-state index >= 15 is 0 Å². The summed E-state index contributed by atoms with van der Waals surface area (Å²) in [5.41, 5.74) is 2.47. The van der Waals surface area contributed by atoms with Crippen LogP contribution in [0, 0.1) is 11.3 Å². The average molecular weight is 199 g/mol. The van der Waals surface area contributed by atoms with Gasteiger partial charge in [-0.2, -0.15) is 5.26 Å². The van der Waals surface area contributed by atoms with Gasteiger partial charge in [0.15, 0.2) is 5.78 Å². The molecular formula is C13H13NO. The summed E-state index contributed by atoms with van der Waals surface area (Å²) in [6.45, 7) is 4.25. The summed E-state index contributed by atoms with van der Waals surface area (Å²) in [5.74, 6) is 0.203. The second kappa shape index (κ2) is 3.20. The van der Waals surface area contributed by atoms with Gasteiger partial charge < -0.3 is 0 Å². The van der Waals surface area contributed by atoms with E-state index in [4.69, 9.17) is 5.26 Å². The van der Waals surface area contributed by atoms with Crippen molar-refractivity contribution in [3.63, 3.8) is 0 Å². The van der Waals surface area contributed by atoms with Gasteiger partial charge >= 0.3 is 0 Å². The van der Waals surface area contributed by atoms with E-state index in [1.807, 2.05) is 6.07 Å². The van der Waals surface area contributed by atoms with Crippen molar-refractivity contribution in [2.24, 2.45) is 0 Å². The van der Waals surface area contributed by atoms with E-state index < -0.39 is 0 Å². The Bertz CT molecular complexity index is 466. The van der Waals surface area contributed by atoms with Gasteiger partial charge in [-0.25, -0.2) is 0 Å². The summed E-state index contributed by atoms with van der Waals surface area (Å²) < 4.78 is 0. The number of nitriles is 1. The minimum atomic E-state index is 0.0100. The highest BCUT2D eigenvalue weighted by molar-refractivity contribution is 5.99. The van der Waals surface area contributed by atoms with Crippen molar-refractivity contribution in [3.8, 4) is 6.07 Å². The first-order valence-corrected chi connectivity index (χ1v) is 5.12. The number of Topliss-reactive ketones (excluding diaryl/α,β-unsaturated/α-hetero) is 1. The Kier molecular flexibility index (Phi) is 2.12. The molecule has 0 saturated carbocycles. The van der Waals surface area contributed by atoms with Crippen LogP contribution in [0.25, 0.3) is 0 Å². The molecule has 2 nitrogen and oxygen atoms in total. The Labute approximate surface area is 89.5 Å². The minimum Gasteiger partial charge on any atom is -0.294 e. The van der Waals surface area contributed by atoms with Gasteiger partial charge in [0.05, 0.1) is 11.6 Å². The highest BCUT2D eigenvalue weighted by atomic mass is 16.1. The lowest BCUT2D eigenvalue weighted by Crippen LogP contribution is -2.27. The zero-order valence-corrected chi connectivity index (χ0v) is 9.00. The molecule has 0 N–H and O–H groups in total. The third-order valence-electron chi connectivity index (χ3n) is 3.16. The van der Waals surface area contributed by atoms with Crippen molar-refractivity contribution < 1.29 is 4.79 Å². The van der Waals surface area contributed by atoms with Gasteiger partial charge in [-0.1, -0.05) is 13.8 Å². The standard InChI is InChI=1S/C13H13NO/c1-13(2)6-5-12(15)10-4-3-9(8-14)7-11(10)13/h3-4,7H,5-6H2,1-2H3. The van der Waals surface area contributed by atoms with Crippen molar-refractivity contribution in [2.45, 2.75) is 32.1 Å². The van der Waals surface area contributed by atoms with Gasteiger partial charge in [-0.15, -0.1) is 0 Å². The van der Waals surface area contributed by atoms with E-state index in [9.17, 15) is 4.79 Å². The maximum absolute atomic E-state index is 11.7. The monoisotopic (exact) mass is 199 g/mol. The number of nitrogens with zero attached hydrogens (tertiary/aromatic N) is 1. The first-order valence-electron chi connectivity index (χ1n) is 5.12. The molecule has 0 fully saturated rings. The first-order chi connectivity index (χ1) is 7.04. The number of hydrogen-bond donors (Lipinski definition) is 0. The van der Waals surface area contributed by atoms with E-state index in [1.165, 1.54) is 0 Å². The first kappa shape index (κ1) is 9.92. The summed E-state index contributed by atoms with van der Waals surface area (Å²) >= 11 is 0. The lowest BCUT2D eigenvalue weighted by molar-refractivity contribution is 0.0957. The maximum Gasteiger partial charge on any atom is 0.163 e. The third kappa shape index (κ3) is 1.55. The molecule has 76 valence electrons. The number of fused-ring (bicyclic) bond motifs is 1. The van der Waals surface area contributed by atoms with Crippen LogP contribution in [0.5, 0.6) is 0 Å². The number of ketones is 1. The number of carbonyl (C=O) groups excluding carboxylic acids is 1. The molecule has 1 aromatic rings. The molecule has 1 aliphatic rings. The number of carbonyl (C=O) groups is 1. The second-order valence-electron chi connectivity index (χ2n) is 4.68. The van der Waals surface area contributed by atoms with Crippen LogP contribution in [0.2, 0.25) is 0 Å². The van der Waals surface area contributed by atoms with Crippen LogP contribution < -0.4 is 0 Å². The molecule has 0 amide bonds. The molecule has 2 rings (SSSR count). The van der Waals surface area contributed by atoms with Crippen molar-refractivity contribution in [3.05, 3.63) is 34.9 Å². The van der Waals surface area contributed by atoms with Crippen molar-refractivity contribution in [1.82, 2.24) is 0 Å². The highest BCUT2D eigenvalue weighted by Gasteiger charge is 2.31. The molecule has 0 spiro atoms. The van der Waals surface area contributed by atoms with E-state index in [-0.39, 0.29) is 11.2 Å². The number of benzene rings is 1. The van der Waals surface area contributed by atoms with Gasteiger partial charge in [-0.05, 0) is 35.6 Å². The van der Waals surface area contributed by atoms with Crippen LogP contribution in [0.4, 0.5) is 0 Å². The summed E-state index contributed by atoms with van der Waals surface area (Å²) in [6, 6.07) is 7.48. The van der Waals surface area contributed by atoms with Gasteiger partial charge in [0.2, 0.25) is 0 Å². The van der Waals surface area contributed by atoms with Crippen LogP contribution in [0.1, 0.15) is 48.2 Å². The Morgan fingerprint density at radius 1 is 1.40 bits per heavy atom. The molecule has 1 aliphatic carbocycles. The molecule has 0 saturated heterocycles. The fourth-order valence-corrected chi connectivity index (χ4v) is 2.11. The molecule has 0 bridgehead atoms. The molecular weight excluding hydrogens is 186 g/mol.